The van der Waals surface area contributed by atoms with Gasteiger partial charge in [0, 0.05) is 6.04 Å². The van der Waals surface area contributed by atoms with Crippen LogP contribution in [0.4, 0.5) is 0 Å². The van der Waals surface area contributed by atoms with Crippen LogP contribution in [0.15, 0.2) is 0 Å². The van der Waals surface area contributed by atoms with Gasteiger partial charge in [0.25, 0.3) is 0 Å². The molecule has 0 amide bonds. The van der Waals surface area contributed by atoms with Crippen molar-refractivity contribution >= 4 is 0 Å². The fourth-order valence-electron chi connectivity index (χ4n) is 2.18. The molecule has 1 heteroatoms. The summed E-state index contributed by atoms with van der Waals surface area (Å²) in [5.74, 6) is 1.86. The molecule has 2 atom stereocenters. The molecular formula is C10H23N. The summed E-state index contributed by atoms with van der Waals surface area (Å²) in [6, 6.07) is 0.791. The van der Waals surface area contributed by atoms with Gasteiger partial charge in [0.1, 0.15) is 0 Å². The van der Waals surface area contributed by atoms with Gasteiger partial charge in [0.15, 0.2) is 0 Å². The van der Waals surface area contributed by atoms with Gasteiger partial charge in [-0.2, -0.15) is 0 Å². The Bertz CT molecular complexity index is 91.0. The summed E-state index contributed by atoms with van der Waals surface area (Å²) in [6.07, 6.45) is 4.18. The second-order valence-corrected chi connectivity index (χ2v) is 3.90. The van der Waals surface area contributed by atoms with Gasteiger partial charge in [-0.3, -0.25) is 0 Å². The lowest BCUT2D eigenvalue weighted by Gasteiger charge is -2.30. The molecule has 0 saturated heterocycles. The highest BCUT2D eigenvalue weighted by Gasteiger charge is 2.21. The zero-order valence-corrected chi connectivity index (χ0v) is 7.35. The molecule has 2 unspecified atom stereocenters. The molecule has 1 saturated carbocycles. The van der Waals surface area contributed by atoms with E-state index in [0.29, 0.717) is 0 Å². The van der Waals surface area contributed by atoms with Gasteiger partial charge in [-0.15, -0.1) is 0 Å². The van der Waals surface area contributed by atoms with Crippen LogP contribution in [-0.4, -0.2) is 13.1 Å². The molecule has 0 spiro atoms. The van der Waals surface area contributed by atoms with E-state index in [4.69, 9.17) is 0 Å². The Morgan fingerprint density at radius 1 is 1.00 bits per heavy atom. The van der Waals surface area contributed by atoms with Crippen LogP contribution in [0.3, 0.4) is 0 Å². The van der Waals surface area contributed by atoms with Gasteiger partial charge in [-0.25, -0.2) is 0 Å². The Hall–Kier alpha value is -0.0400. The molecule has 1 N–H and O–H groups in total. The van der Waals surface area contributed by atoms with E-state index in [9.17, 15) is 0 Å². The topological polar surface area (TPSA) is 12.0 Å². The fourth-order valence-corrected chi connectivity index (χ4v) is 2.18. The van der Waals surface area contributed by atoms with Crippen LogP contribution in [-0.2, 0) is 0 Å². The predicted molar refractivity (Wildman–Crippen MR) is 51.8 cm³/mol. The Morgan fingerprint density at radius 2 is 1.45 bits per heavy atom. The fraction of sp³-hybridized carbons (Fsp3) is 1.00. The molecule has 1 fully saturated rings. The third-order valence-electron chi connectivity index (χ3n) is 2.59. The quantitative estimate of drug-likeness (QED) is 0.617. The Morgan fingerprint density at radius 3 is 1.82 bits per heavy atom. The first-order valence-corrected chi connectivity index (χ1v) is 4.39. The molecule has 0 radical (unpaired) electrons. The minimum absolute atomic E-state index is 0. The Labute approximate surface area is 71.6 Å². The highest BCUT2D eigenvalue weighted by atomic mass is 14.9. The maximum atomic E-state index is 3.36. The van der Waals surface area contributed by atoms with Crippen LogP contribution < -0.4 is 5.32 Å². The molecule has 0 aliphatic heterocycles. The average Bonchev–Trinajstić information content (AvgIpc) is 1.85. The van der Waals surface area contributed by atoms with Gasteiger partial charge in [0.2, 0.25) is 0 Å². The number of hydrogen-bond acceptors (Lipinski definition) is 1. The van der Waals surface area contributed by atoms with Crippen molar-refractivity contribution in [3.05, 3.63) is 0 Å². The minimum atomic E-state index is 0. The van der Waals surface area contributed by atoms with Crippen LogP contribution in [0.25, 0.3) is 0 Å². The Kier molecular flexibility index (Phi) is 4.74. The Balaban J connectivity index is 0.000001000. The molecule has 1 rings (SSSR count). The molecule has 1 aliphatic carbocycles. The molecule has 1 aliphatic rings. The van der Waals surface area contributed by atoms with Crippen molar-refractivity contribution in [3.63, 3.8) is 0 Å². The normalized spacial score (nSPS) is 37.9. The SMILES string of the molecule is C.CNC1CC(C)CC(C)C1. The van der Waals surface area contributed by atoms with Crippen molar-refractivity contribution in [2.45, 2.75) is 46.6 Å². The first-order chi connectivity index (χ1) is 4.72. The number of hydrogen-bond donors (Lipinski definition) is 1. The van der Waals surface area contributed by atoms with Gasteiger partial charge < -0.3 is 5.32 Å². The molecular weight excluding hydrogens is 134 g/mol. The van der Waals surface area contributed by atoms with Gasteiger partial charge >= 0.3 is 0 Å². The second-order valence-electron chi connectivity index (χ2n) is 3.90. The van der Waals surface area contributed by atoms with E-state index in [0.717, 1.165) is 17.9 Å². The molecule has 0 bridgehead atoms. The summed E-state index contributed by atoms with van der Waals surface area (Å²) in [6.45, 7) is 4.72. The van der Waals surface area contributed by atoms with Gasteiger partial charge in [-0.05, 0) is 38.1 Å². The number of rotatable bonds is 1. The first-order valence-electron chi connectivity index (χ1n) is 4.39. The molecule has 1 nitrogen and oxygen atoms in total. The molecule has 11 heavy (non-hydrogen) atoms. The first kappa shape index (κ1) is 11.0. The molecule has 0 heterocycles. The van der Waals surface area contributed by atoms with E-state index in [1.165, 1.54) is 19.3 Å². The monoisotopic (exact) mass is 157 g/mol. The van der Waals surface area contributed by atoms with Gasteiger partial charge in [0.05, 0.1) is 0 Å². The van der Waals surface area contributed by atoms with Crippen LogP contribution in [0.2, 0.25) is 0 Å². The van der Waals surface area contributed by atoms with Crippen molar-refractivity contribution in [2.75, 3.05) is 7.05 Å². The van der Waals surface area contributed by atoms with Gasteiger partial charge in [-0.1, -0.05) is 21.3 Å². The molecule has 0 aromatic rings. The summed E-state index contributed by atoms with van der Waals surface area (Å²) in [5.41, 5.74) is 0. The van der Waals surface area contributed by atoms with Crippen LogP contribution in [0.1, 0.15) is 40.5 Å². The van der Waals surface area contributed by atoms with E-state index in [1.54, 1.807) is 0 Å². The van der Waals surface area contributed by atoms with Crippen LogP contribution in [0, 0.1) is 11.8 Å². The summed E-state index contributed by atoms with van der Waals surface area (Å²) in [5, 5.41) is 3.36. The standard InChI is InChI=1S/C9H19N.CH4/c1-7-4-8(2)6-9(5-7)10-3;/h7-10H,4-6H2,1-3H3;1H4. The lowest BCUT2D eigenvalue weighted by Crippen LogP contribution is -2.33. The van der Waals surface area contributed by atoms with Crippen LogP contribution >= 0.6 is 0 Å². The second kappa shape index (κ2) is 4.76. The highest BCUT2D eigenvalue weighted by molar-refractivity contribution is 4.78. The maximum absolute atomic E-state index is 3.36. The molecule has 0 aromatic carbocycles. The predicted octanol–water partition coefficient (Wildman–Crippen LogP) is 2.67. The number of nitrogens with one attached hydrogen (secondary N) is 1. The van der Waals surface area contributed by atoms with Crippen molar-refractivity contribution in [1.29, 1.82) is 0 Å². The lowest BCUT2D eigenvalue weighted by molar-refractivity contribution is 0.247. The average molecular weight is 157 g/mol. The minimum Gasteiger partial charge on any atom is -0.317 e. The van der Waals surface area contributed by atoms with E-state index in [-0.39, 0.29) is 7.43 Å². The van der Waals surface area contributed by atoms with E-state index >= 15 is 0 Å². The van der Waals surface area contributed by atoms with E-state index in [1.807, 2.05) is 0 Å². The van der Waals surface area contributed by atoms with Crippen molar-refractivity contribution < 1.29 is 0 Å². The summed E-state index contributed by atoms with van der Waals surface area (Å²) >= 11 is 0. The third kappa shape index (κ3) is 3.24. The zero-order valence-electron chi connectivity index (χ0n) is 7.35. The zero-order chi connectivity index (χ0) is 7.56. The van der Waals surface area contributed by atoms with E-state index in [2.05, 4.69) is 26.2 Å². The van der Waals surface area contributed by atoms with E-state index < -0.39 is 0 Å². The van der Waals surface area contributed by atoms with Crippen molar-refractivity contribution in [1.82, 2.24) is 5.32 Å². The lowest BCUT2D eigenvalue weighted by atomic mass is 9.80. The molecule has 68 valence electrons. The highest BCUT2D eigenvalue weighted by Crippen LogP contribution is 2.27. The summed E-state index contributed by atoms with van der Waals surface area (Å²) in [7, 11) is 2.08. The third-order valence-corrected chi connectivity index (χ3v) is 2.59. The summed E-state index contributed by atoms with van der Waals surface area (Å²) < 4.78 is 0. The molecule has 0 aromatic heterocycles. The largest absolute Gasteiger partial charge is 0.317 e. The van der Waals surface area contributed by atoms with Crippen molar-refractivity contribution in [3.8, 4) is 0 Å². The summed E-state index contributed by atoms with van der Waals surface area (Å²) in [4.78, 5) is 0. The smallest absolute Gasteiger partial charge is 0.00691 e. The van der Waals surface area contributed by atoms with Crippen LogP contribution in [0.5, 0.6) is 0 Å². The maximum Gasteiger partial charge on any atom is 0.00691 e. The van der Waals surface area contributed by atoms with Crippen molar-refractivity contribution in [2.24, 2.45) is 11.8 Å².